The lowest BCUT2D eigenvalue weighted by Crippen LogP contribution is -2.30. The molecule has 0 aromatic heterocycles. The maximum Gasteiger partial charge on any atom is 0.227 e. The van der Waals surface area contributed by atoms with Gasteiger partial charge in [0.2, 0.25) is 5.91 Å². The summed E-state index contributed by atoms with van der Waals surface area (Å²) in [5, 5.41) is 16.7. The van der Waals surface area contributed by atoms with Crippen LogP contribution in [0.5, 0.6) is 0 Å². The molecule has 3 rings (SSSR count). The summed E-state index contributed by atoms with van der Waals surface area (Å²) in [7, 11) is 0. The standard InChI is InChI=1S/C21H26N2O2/c1-16(17-7-3-2-4-8-17)22-18-9-11-19(12-10-18)23-20(24)15-21(25)13-5-6-14-21/h2-4,7-12,16,22,25H,5-6,13-15H2,1H3,(H,23,24). The fourth-order valence-corrected chi connectivity index (χ4v) is 3.44. The minimum absolute atomic E-state index is 0.122. The van der Waals surface area contributed by atoms with Gasteiger partial charge in [0, 0.05) is 17.4 Å². The molecule has 0 spiro atoms. The van der Waals surface area contributed by atoms with Crippen LogP contribution >= 0.6 is 0 Å². The van der Waals surface area contributed by atoms with E-state index in [0.29, 0.717) is 0 Å². The predicted octanol–water partition coefficient (Wildman–Crippen LogP) is 4.49. The highest BCUT2D eigenvalue weighted by molar-refractivity contribution is 5.91. The quantitative estimate of drug-likeness (QED) is 0.727. The molecule has 132 valence electrons. The number of rotatable bonds is 6. The Kier molecular flexibility index (Phi) is 5.39. The molecule has 4 nitrogen and oxygen atoms in total. The van der Waals surface area contributed by atoms with Gasteiger partial charge in [-0.15, -0.1) is 0 Å². The fourth-order valence-electron chi connectivity index (χ4n) is 3.44. The predicted molar refractivity (Wildman–Crippen MR) is 102 cm³/mol. The Balaban J connectivity index is 1.54. The van der Waals surface area contributed by atoms with Gasteiger partial charge in [0.1, 0.15) is 0 Å². The number of hydrogen-bond donors (Lipinski definition) is 3. The summed E-state index contributed by atoms with van der Waals surface area (Å²) >= 11 is 0. The normalized spacial score (nSPS) is 17.0. The second-order valence-corrected chi connectivity index (χ2v) is 7.01. The summed E-state index contributed by atoms with van der Waals surface area (Å²) in [6, 6.07) is 18.2. The van der Waals surface area contributed by atoms with Crippen LogP contribution in [0.3, 0.4) is 0 Å². The molecule has 1 saturated carbocycles. The van der Waals surface area contributed by atoms with Crippen molar-refractivity contribution in [1.29, 1.82) is 0 Å². The van der Waals surface area contributed by atoms with Crippen LogP contribution in [0, 0.1) is 0 Å². The average molecular weight is 338 g/mol. The first-order valence-electron chi connectivity index (χ1n) is 8.98. The molecule has 2 aromatic carbocycles. The lowest BCUT2D eigenvalue weighted by Gasteiger charge is -2.21. The zero-order chi connectivity index (χ0) is 17.7. The van der Waals surface area contributed by atoms with Gasteiger partial charge in [-0.05, 0) is 49.6 Å². The van der Waals surface area contributed by atoms with E-state index in [1.54, 1.807) is 0 Å². The van der Waals surface area contributed by atoms with E-state index in [9.17, 15) is 9.90 Å². The van der Waals surface area contributed by atoms with Crippen LogP contribution in [0.2, 0.25) is 0 Å². The molecule has 0 heterocycles. The molecule has 0 aliphatic heterocycles. The molecule has 1 atom stereocenters. The molecule has 4 heteroatoms. The third-order valence-corrected chi connectivity index (χ3v) is 4.88. The highest BCUT2D eigenvalue weighted by atomic mass is 16.3. The molecule has 0 bridgehead atoms. The lowest BCUT2D eigenvalue weighted by atomic mass is 9.97. The number of nitrogens with one attached hydrogen (secondary N) is 2. The topological polar surface area (TPSA) is 61.4 Å². The molecule has 1 fully saturated rings. The average Bonchev–Trinajstić information content (AvgIpc) is 3.03. The van der Waals surface area contributed by atoms with Gasteiger partial charge in [0.15, 0.2) is 0 Å². The molecule has 1 aliphatic carbocycles. The van der Waals surface area contributed by atoms with E-state index in [0.717, 1.165) is 37.1 Å². The van der Waals surface area contributed by atoms with Crippen LogP contribution in [-0.4, -0.2) is 16.6 Å². The van der Waals surface area contributed by atoms with Crippen molar-refractivity contribution in [2.75, 3.05) is 10.6 Å². The zero-order valence-electron chi connectivity index (χ0n) is 14.7. The van der Waals surface area contributed by atoms with Gasteiger partial charge in [-0.25, -0.2) is 0 Å². The van der Waals surface area contributed by atoms with Crippen LogP contribution in [-0.2, 0) is 4.79 Å². The minimum atomic E-state index is -0.809. The molecule has 1 unspecified atom stereocenters. The summed E-state index contributed by atoms with van der Waals surface area (Å²) in [5.74, 6) is -0.122. The van der Waals surface area contributed by atoms with Crippen molar-refractivity contribution < 1.29 is 9.90 Å². The summed E-state index contributed by atoms with van der Waals surface area (Å²) in [4.78, 5) is 12.1. The Bertz CT molecular complexity index is 692. The lowest BCUT2D eigenvalue weighted by molar-refractivity contribution is -0.120. The molecule has 2 aromatic rings. The number of benzene rings is 2. The smallest absolute Gasteiger partial charge is 0.227 e. The number of carbonyl (C=O) groups is 1. The van der Waals surface area contributed by atoms with E-state index >= 15 is 0 Å². The van der Waals surface area contributed by atoms with Crippen LogP contribution in [0.4, 0.5) is 11.4 Å². The van der Waals surface area contributed by atoms with Gasteiger partial charge in [0.05, 0.1) is 12.0 Å². The monoisotopic (exact) mass is 338 g/mol. The second kappa shape index (κ2) is 7.70. The second-order valence-electron chi connectivity index (χ2n) is 7.01. The van der Waals surface area contributed by atoms with E-state index in [2.05, 4.69) is 29.7 Å². The van der Waals surface area contributed by atoms with Crippen LogP contribution < -0.4 is 10.6 Å². The van der Waals surface area contributed by atoms with Gasteiger partial charge in [-0.2, -0.15) is 0 Å². The number of amides is 1. The Labute approximate surface area is 149 Å². The van der Waals surface area contributed by atoms with E-state index in [4.69, 9.17) is 0 Å². The van der Waals surface area contributed by atoms with E-state index in [1.165, 1.54) is 5.56 Å². The van der Waals surface area contributed by atoms with Gasteiger partial charge >= 0.3 is 0 Å². The fraction of sp³-hybridized carbons (Fsp3) is 0.381. The van der Waals surface area contributed by atoms with Crippen molar-refractivity contribution in [2.45, 2.75) is 50.7 Å². The molecule has 1 amide bonds. The Morgan fingerprint density at radius 3 is 2.28 bits per heavy atom. The van der Waals surface area contributed by atoms with Crippen LogP contribution in [0.15, 0.2) is 54.6 Å². The Morgan fingerprint density at radius 1 is 1.04 bits per heavy atom. The first kappa shape index (κ1) is 17.5. The number of hydrogen-bond acceptors (Lipinski definition) is 3. The van der Waals surface area contributed by atoms with Crippen LogP contribution in [0.1, 0.15) is 50.6 Å². The van der Waals surface area contributed by atoms with Crippen molar-refractivity contribution in [3.8, 4) is 0 Å². The third-order valence-electron chi connectivity index (χ3n) is 4.88. The van der Waals surface area contributed by atoms with Gasteiger partial charge < -0.3 is 15.7 Å². The zero-order valence-corrected chi connectivity index (χ0v) is 14.7. The van der Waals surface area contributed by atoms with E-state index < -0.39 is 5.60 Å². The van der Waals surface area contributed by atoms with E-state index in [1.807, 2.05) is 42.5 Å². The largest absolute Gasteiger partial charge is 0.389 e. The Morgan fingerprint density at radius 2 is 1.64 bits per heavy atom. The molecule has 0 saturated heterocycles. The molecule has 0 radical (unpaired) electrons. The molecular formula is C21H26N2O2. The minimum Gasteiger partial charge on any atom is -0.389 e. The molecule has 1 aliphatic rings. The molecular weight excluding hydrogens is 312 g/mol. The van der Waals surface area contributed by atoms with Crippen molar-refractivity contribution in [1.82, 2.24) is 0 Å². The summed E-state index contributed by atoms with van der Waals surface area (Å²) in [5.41, 5.74) is 2.18. The van der Waals surface area contributed by atoms with Crippen molar-refractivity contribution >= 4 is 17.3 Å². The van der Waals surface area contributed by atoms with Gasteiger partial charge in [0.25, 0.3) is 0 Å². The highest BCUT2D eigenvalue weighted by Crippen LogP contribution is 2.32. The van der Waals surface area contributed by atoms with Crippen molar-refractivity contribution in [2.24, 2.45) is 0 Å². The third kappa shape index (κ3) is 4.83. The maximum atomic E-state index is 12.1. The number of anilines is 2. The van der Waals surface area contributed by atoms with Gasteiger partial charge in [-0.3, -0.25) is 4.79 Å². The number of carbonyl (C=O) groups excluding carboxylic acids is 1. The molecule has 25 heavy (non-hydrogen) atoms. The summed E-state index contributed by atoms with van der Waals surface area (Å²) in [6.07, 6.45) is 3.63. The van der Waals surface area contributed by atoms with Crippen LogP contribution in [0.25, 0.3) is 0 Å². The highest BCUT2D eigenvalue weighted by Gasteiger charge is 2.33. The SMILES string of the molecule is CC(Nc1ccc(NC(=O)CC2(O)CCCC2)cc1)c1ccccc1. The maximum absolute atomic E-state index is 12.1. The number of aliphatic hydroxyl groups is 1. The summed E-state index contributed by atoms with van der Waals surface area (Å²) in [6.45, 7) is 2.12. The van der Waals surface area contributed by atoms with Crippen molar-refractivity contribution in [3.05, 3.63) is 60.2 Å². The first-order chi connectivity index (χ1) is 12.0. The molecule has 3 N–H and O–H groups in total. The summed E-state index contributed by atoms with van der Waals surface area (Å²) < 4.78 is 0. The van der Waals surface area contributed by atoms with Gasteiger partial charge in [-0.1, -0.05) is 43.2 Å². The van der Waals surface area contributed by atoms with E-state index in [-0.39, 0.29) is 18.4 Å². The Hall–Kier alpha value is -2.33. The van der Waals surface area contributed by atoms with Crippen molar-refractivity contribution in [3.63, 3.8) is 0 Å². The first-order valence-corrected chi connectivity index (χ1v) is 8.98.